The maximum Gasteiger partial charge on any atom is 0.341 e. The minimum Gasteiger partial charge on any atom is -0.462 e. The van der Waals surface area contributed by atoms with E-state index in [9.17, 15) is 18.0 Å². The normalized spacial score (nSPS) is 12.8. The Kier molecular flexibility index (Phi) is 7.49. The zero-order valence-electron chi connectivity index (χ0n) is 19.3. The van der Waals surface area contributed by atoms with Gasteiger partial charge in [-0.2, -0.15) is 0 Å². The minimum absolute atomic E-state index is 0.0597. The predicted octanol–water partition coefficient (Wildman–Crippen LogP) is 5.21. The number of sulfonamides is 1. The van der Waals surface area contributed by atoms with Crippen LogP contribution in [0.25, 0.3) is 0 Å². The fraction of sp³-hybridized carbons (Fsp3) is 0.280. The van der Waals surface area contributed by atoms with E-state index in [1.54, 1.807) is 50.2 Å². The molecule has 4 rings (SSSR count). The molecular formula is C25H25ClN2O5S2. The molecule has 3 aromatic rings. The molecule has 1 aromatic heterocycles. The van der Waals surface area contributed by atoms with Gasteiger partial charge in [-0.05, 0) is 74.6 Å². The van der Waals surface area contributed by atoms with Crippen molar-refractivity contribution in [2.45, 2.75) is 38.0 Å². The van der Waals surface area contributed by atoms with Crippen LogP contribution in [0.5, 0.6) is 0 Å². The number of amides is 1. The van der Waals surface area contributed by atoms with Gasteiger partial charge in [0.05, 0.1) is 22.8 Å². The fourth-order valence-electron chi connectivity index (χ4n) is 4.13. The zero-order chi connectivity index (χ0) is 25.2. The summed E-state index contributed by atoms with van der Waals surface area (Å²) < 4.78 is 33.4. The Balaban J connectivity index is 1.68. The number of fused-ring (bicyclic) bond motifs is 1. The van der Waals surface area contributed by atoms with Crippen molar-refractivity contribution in [1.29, 1.82) is 0 Å². The average Bonchev–Trinajstić information content (AvgIpc) is 3.39. The Morgan fingerprint density at radius 2 is 1.89 bits per heavy atom. The number of ether oxygens (including phenoxy) is 1. The highest BCUT2D eigenvalue weighted by Gasteiger charge is 2.31. The van der Waals surface area contributed by atoms with E-state index < -0.39 is 28.4 Å². The molecule has 0 aliphatic heterocycles. The van der Waals surface area contributed by atoms with Gasteiger partial charge in [0.15, 0.2) is 0 Å². The Morgan fingerprint density at radius 1 is 1.14 bits per heavy atom. The molecule has 2 aromatic carbocycles. The average molecular weight is 533 g/mol. The number of carbonyl (C=O) groups excluding carboxylic acids is 2. The van der Waals surface area contributed by atoms with Gasteiger partial charge in [0, 0.05) is 9.90 Å². The summed E-state index contributed by atoms with van der Waals surface area (Å²) in [6.45, 7) is 3.19. The molecule has 0 spiro atoms. The van der Waals surface area contributed by atoms with E-state index in [4.69, 9.17) is 16.3 Å². The van der Waals surface area contributed by atoms with E-state index >= 15 is 0 Å². The summed E-state index contributed by atoms with van der Waals surface area (Å²) in [5.74, 6) is -1.05. The molecule has 10 heteroatoms. The maximum atomic E-state index is 13.6. The number of rotatable bonds is 8. The highest BCUT2D eigenvalue weighted by molar-refractivity contribution is 7.92. The lowest BCUT2D eigenvalue weighted by atomic mass is 10.1. The van der Waals surface area contributed by atoms with Gasteiger partial charge in [0.1, 0.15) is 11.5 Å². The molecule has 184 valence electrons. The number of hydrogen-bond acceptors (Lipinski definition) is 6. The number of benzene rings is 2. The van der Waals surface area contributed by atoms with Gasteiger partial charge in [-0.25, -0.2) is 13.2 Å². The summed E-state index contributed by atoms with van der Waals surface area (Å²) in [4.78, 5) is 27.0. The quantitative estimate of drug-likeness (QED) is 0.402. The summed E-state index contributed by atoms with van der Waals surface area (Å²) in [6, 6.07) is 12.7. The summed E-state index contributed by atoms with van der Waals surface area (Å²) in [5, 5.41) is 3.63. The van der Waals surface area contributed by atoms with Gasteiger partial charge < -0.3 is 10.1 Å². The van der Waals surface area contributed by atoms with Gasteiger partial charge in [-0.3, -0.25) is 9.10 Å². The van der Waals surface area contributed by atoms with Crippen LogP contribution < -0.4 is 9.62 Å². The largest absolute Gasteiger partial charge is 0.462 e. The number of halogens is 1. The molecule has 0 fully saturated rings. The van der Waals surface area contributed by atoms with Crippen molar-refractivity contribution in [3.63, 3.8) is 0 Å². The molecule has 7 nitrogen and oxygen atoms in total. The Morgan fingerprint density at radius 3 is 2.57 bits per heavy atom. The van der Waals surface area contributed by atoms with E-state index in [1.165, 1.54) is 23.5 Å². The number of carbonyl (C=O) groups is 2. The van der Waals surface area contributed by atoms with Crippen LogP contribution in [0.4, 0.5) is 10.7 Å². The maximum absolute atomic E-state index is 13.6. The SMILES string of the molecule is CCOC(=O)c1c(NC(=O)CN(c2ccc(Cl)cc2C)S(=O)(=O)c2ccccc2)sc2c1CCC2. The molecule has 0 bridgehead atoms. The first-order valence-corrected chi connectivity index (χ1v) is 13.8. The molecule has 1 aliphatic carbocycles. The lowest BCUT2D eigenvalue weighted by Crippen LogP contribution is -2.38. The van der Waals surface area contributed by atoms with Crippen molar-refractivity contribution < 1.29 is 22.7 Å². The molecule has 1 amide bonds. The lowest BCUT2D eigenvalue weighted by Gasteiger charge is -2.25. The molecule has 0 saturated heterocycles. The molecule has 0 radical (unpaired) electrons. The number of thiophene rings is 1. The van der Waals surface area contributed by atoms with Crippen molar-refractivity contribution in [2.75, 3.05) is 22.8 Å². The van der Waals surface area contributed by atoms with E-state index in [0.717, 1.165) is 34.0 Å². The Bertz CT molecular complexity index is 1370. The van der Waals surface area contributed by atoms with Gasteiger partial charge in [0.2, 0.25) is 5.91 Å². The molecule has 0 saturated carbocycles. The third kappa shape index (κ3) is 5.22. The number of hydrogen-bond donors (Lipinski definition) is 1. The van der Waals surface area contributed by atoms with Crippen molar-refractivity contribution in [3.05, 3.63) is 75.1 Å². The monoisotopic (exact) mass is 532 g/mol. The lowest BCUT2D eigenvalue weighted by molar-refractivity contribution is -0.114. The van der Waals surface area contributed by atoms with Crippen molar-refractivity contribution in [1.82, 2.24) is 0 Å². The van der Waals surface area contributed by atoms with E-state index in [1.807, 2.05) is 0 Å². The molecule has 35 heavy (non-hydrogen) atoms. The smallest absolute Gasteiger partial charge is 0.341 e. The fourth-order valence-corrected chi connectivity index (χ4v) is 7.15. The van der Waals surface area contributed by atoms with Crippen LogP contribution in [0.1, 0.15) is 39.7 Å². The van der Waals surface area contributed by atoms with Crippen LogP contribution in [0.3, 0.4) is 0 Å². The molecule has 1 aliphatic rings. The Hall–Kier alpha value is -2.88. The number of anilines is 2. The third-order valence-electron chi connectivity index (χ3n) is 5.70. The second-order valence-electron chi connectivity index (χ2n) is 8.09. The zero-order valence-corrected chi connectivity index (χ0v) is 21.7. The first kappa shape index (κ1) is 25.2. The second-order valence-corrected chi connectivity index (χ2v) is 11.5. The van der Waals surface area contributed by atoms with Gasteiger partial charge in [-0.1, -0.05) is 29.8 Å². The van der Waals surface area contributed by atoms with E-state index in [-0.39, 0.29) is 11.5 Å². The highest BCUT2D eigenvalue weighted by Crippen LogP contribution is 2.39. The van der Waals surface area contributed by atoms with Gasteiger partial charge in [0.25, 0.3) is 10.0 Å². The van der Waals surface area contributed by atoms with Crippen LogP contribution in [-0.4, -0.2) is 33.4 Å². The van der Waals surface area contributed by atoms with Crippen LogP contribution in [0.2, 0.25) is 5.02 Å². The van der Waals surface area contributed by atoms with Crippen LogP contribution in [-0.2, 0) is 32.4 Å². The molecule has 0 atom stereocenters. The summed E-state index contributed by atoms with van der Waals surface area (Å²) >= 11 is 7.43. The Labute approximate surface area is 213 Å². The highest BCUT2D eigenvalue weighted by atomic mass is 35.5. The van der Waals surface area contributed by atoms with Crippen LogP contribution >= 0.6 is 22.9 Å². The standard InChI is InChI=1S/C25H25ClN2O5S2/c1-3-33-25(30)23-19-10-7-11-21(19)34-24(23)27-22(29)15-28(20-13-12-17(26)14-16(20)2)35(31,32)18-8-5-4-6-9-18/h4-6,8-9,12-14H,3,7,10-11,15H2,1-2H3,(H,27,29). The van der Waals surface area contributed by atoms with Crippen LogP contribution in [0.15, 0.2) is 53.4 Å². The topological polar surface area (TPSA) is 92.8 Å². The third-order valence-corrected chi connectivity index (χ3v) is 8.92. The summed E-state index contributed by atoms with van der Waals surface area (Å²) in [6.07, 6.45) is 2.52. The summed E-state index contributed by atoms with van der Waals surface area (Å²) in [7, 11) is -4.07. The van der Waals surface area contributed by atoms with Crippen LogP contribution in [0, 0.1) is 6.92 Å². The van der Waals surface area contributed by atoms with E-state index in [2.05, 4.69) is 5.32 Å². The molecule has 1 N–H and O–H groups in total. The number of esters is 1. The van der Waals surface area contributed by atoms with Crippen molar-refractivity contribution in [3.8, 4) is 0 Å². The first-order valence-electron chi connectivity index (χ1n) is 11.2. The number of nitrogens with one attached hydrogen (secondary N) is 1. The number of nitrogens with zero attached hydrogens (tertiary/aromatic N) is 1. The molecule has 0 unspecified atom stereocenters. The van der Waals surface area contributed by atoms with Gasteiger partial charge in [-0.15, -0.1) is 11.3 Å². The molecular weight excluding hydrogens is 508 g/mol. The minimum atomic E-state index is -4.07. The van der Waals surface area contributed by atoms with Crippen molar-refractivity contribution in [2.24, 2.45) is 0 Å². The number of aryl methyl sites for hydroxylation is 2. The van der Waals surface area contributed by atoms with Gasteiger partial charge >= 0.3 is 5.97 Å². The van der Waals surface area contributed by atoms with E-state index in [0.29, 0.717) is 26.8 Å². The first-order chi connectivity index (χ1) is 16.7. The molecule has 1 heterocycles. The summed E-state index contributed by atoms with van der Waals surface area (Å²) in [5.41, 5.74) is 2.23. The second kappa shape index (κ2) is 10.4. The van der Waals surface area contributed by atoms with Crippen molar-refractivity contribution >= 4 is 55.5 Å². The predicted molar refractivity (Wildman–Crippen MR) is 138 cm³/mol.